The van der Waals surface area contributed by atoms with E-state index in [4.69, 9.17) is 11.6 Å². The van der Waals surface area contributed by atoms with Crippen molar-refractivity contribution in [3.05, 3.63) is 99.8 Å². The van der Waals surface area contributed by atoms with Gasteiger partial charge in [0, 0.05) is 5.56 Å². The first kappa shape index (κ1) is 23.8. The summed E-state index contributed by atoms with van der Waals surface area (Å²) in [5.41, 5.74) is 7.99. The van der Waals surface area contributed by atoms with Crippen LogP contribution in [0, 0.1) is 5.82 Å². The first-order valence-electron chi connectivity index (χ1n) is 12.5. The maximum atomic E-state index is 15.0. The van der Waals surface area contributed by atoms with Crippen LogP contribution in [0.25, 0.3) is 16.7 Å². The average molecular weight is 461 g/mol. The molecule has 0 N–H and O–H groups in total. The van der Waals surface area contributed by atoms with Crippen LogP contribution in [0.2, 0.25) is 5.02 Å². The molecule has 4 rings (SSSR count). The molecule has 0 radical (unpaired) electrons. The maximum absolute atomic E-state index is 15.0. The van der Waals surface area contributed by atoms with Gasteiger partial charge in [-0.1, -0.05) is 105 Å². The monoisotopic (exact) mass is 460 g/mol. The number of rotatable bonds is 8. The minimum absolute atomic E-state index is 0.246. The maximum Gasteiger partial charge on any atom is 0.149 e. The van der Waals surface area contributed by atoms with Crippen LogP contribution in [0.15, 0.2) is 66.7 Å². The molecule has 0 bridgehead atoms. The van der Waals surface area contributed by atoms with Crippen molar-refractivity contribution in [3.63, 3.8) is 0 Å². The summed E-state index contributed by atoms with van der Waals surface area (Å²) in [7, 11) is 0. The lowest BCUT2D eigenvalue weighted by Gasteiger charge is -2.23. The first-order chi connectivity index (χ1) is 16.1. The average Bonchev–Trinajstić information content (AvgIpc) is 2.86. The molecule has 33 heavy (non-hydrogen) atoms. The van der Waals surface area contributed by atoms with Crippen molar-refractivity contribution in [2.45, 2.75) is 71.1 Å². The number of allylic oxidation sites excluding steroid dienone is 2. The molecule has 0 heterocycles. The van der Waals surface area contributed by atoms with Gasteiger partial charge < -0.3 is 0 Å². The Morgan fingerprint density at radius 3 is 2.15 bits per heavy atom. The Labute approximate surface area is 203 Å². The minimum Gasteiger partial charge on any atom is -0.205 e. The van der Waals surface area contributed by atoms with Gasteiger partial charge in [0.1, 0.15) is 5.82 Å². The van der Waals surface area contributed by atoms with E-state index in [1.807, 2.05) is 12.1 Å². The van der Waals surface area contributed by atoms with Crippen LogP contribution in [-0.4, -0.2) is 0 Å². The molecule has 3 aromatic carbocycles. The Hall–Kier alpha value is -2.38. The van der Waals surface area contributed by atoms with Gasteiger partial charge in [-0.3, -0.25) is 0 Å². The Balaban J connectivity index is 1.44. The van der Waals surface area contributed by atoms with Crippen molar-refractivity contribution in [2.24, 2.45) is 0 Å². The van der Waals surface area contributed by atoms with Crippen LogP contribution in [0.5, 0.6) is 0 Å². The number of hydrogen-bond donors (Lipinski definition) is 0. The molecule has 3 aromatic rings. The standard InChI is InChI=1S/C31H34ClF/c1-3-5-7-28-20-21-29(31(33)30(28)32)27-18-16-26(17-19-27)25-14-12-24(13-15-25)23-10-8-22(6-4-2)9-11-23/h8-15,18,20-21,26H,3-7,16-17,19H2,1-2H3. The predicted octanol–water partition coefficient (Wildman–Crippen LogP) is 9.79. The number of unbranched alkanes of at least 4 members (excludes halogenated alkanes) is 1. The lowest BCUT2D eigenvalue weighted by molar-refractivity contribution is 0.605. The highest BCUT2D eigenvalue weighted by molar-refractivity contribution is 6.31. The van der Waals surface area contributed by atoms with Crippen LogP contribution >= 0.6 is 11.6 Å². The molecule has 0 saturated carbocycles. The summed E-state index contributed by atoms with van der Waals surface area (Å²) in [4.78, 5) is 0. The number of benzene rings is 3. The number of hydrogen-bond acceptors (Lipinski definition) is 0. The summed E-state index contributed by atoms with van der Waals surface area (Å²) >= 11 is 6.37. The Morgan fingerprint density at radius 1 is 0.848 bits per heavy atom. The van der Waals surface area contributed by atoms with E-state index in [-0.39, 0.29) is 5.82 Å². The van der Waals surface area contributed by atoms with Gasteiger partial charge >= 0.3 is 0 Å². The molecular weight excluding hydrogens is 427 g/mol. The zero-order valence-corrected chi connectivity index (χ0v) is 20.6. The van der Waals surface area contributed by atoms with Crippen LogP contribution in [0.3, 0.4) is 0 Å². The SMILES string of the molecule is CCCCc1ccc(C2=CCC(c3ccc(-c4ccc(CCC)cc4)cc3)CC2)c(F)c1Cl. The van der Waals surface area contributed by atoms with E-state index in [0.29, 0.717) is 16.5 Å². The number of aryl methyl sites for hydroxylation is 2. The van der Waals surface area contributed by atoms with Crippen molar-refractivity contribution < 1.29 is 4.39 Å². The van der Waals surface area contributed by atoms with Crippen molar-refractivity contribution in [2.75, 3.05) is 0 Å². The van der Waals surface area contributed by atoms with Gasteiger partial charge in [0.15, 0.2) is 0 Å². The van der Waals surface area contributed by atoms with E-state index in [0.717, 1.165) is 56.1 Å². The van der Waals surface area contributed by atoms with E-state index in [2.05, 4.69) is 68.5 Å². The zero-order valence-electron chi connectivity index (χ0n) is 19.8. The normalized spacial score (nSPS) is 16.0. The van der Waals surface area contributed by atoms with Crippen molar-refractivity contribution >= 4 is 17.2 Å². The summed E-state index contributed by atoms with van der Waals surface area (Å²) in [6.45, 7) is 4.35. The first-order valence-corrected chi connectivity index (χ1v) is 12.8. The zero-order chi connectivity index (χ0) is 23.2. The van der Waals surface area contributed by atoms with E-state index in [1.165, 1.54) is 28.7 Å². The fraction of sp³-hybridized carbons (Fsp3) is 0.355. The highest BCUT2D eigenvalue weighted by Crippen LogP contribution is 2.39. The molecule has 1 atom stereocenters. The summed E-state index contributed by atoms with van der Waals surface area (Å²) in [6, 6.07) is 21.9. The Bertz CT molecular complexity index is 1090. The molecule has 1 unspecified atom stereocenters. The van der Waals surface area contributed by atoms with Gasteiger partial charge in [-0.05, 0) is 77.8 Å². The molecule has 0 fully saturated rings. The summed E-state index contributed by atoms with van der Waals surface area (Å²) < 4.78 is 15.0. The predicted molar refractivity (Wildman–Crippen MR) is 140 cm³/mol. The third-order valence-electron chi connectivity index (χ3n) is 6.93. The quantitative estimate of drug-likeness (QED) is 0.313. The van der Waals surface area contributed by atoms with Crippen LogP contribution < -0.4 is 0 Å². The van der Waals surface area contributed by atoms with E-state index < -0.39 is 0 Å². The van der Waals surface area contributed by atoms with E-state index >= 15 is 0 Å². The minimum atomic E-state index is -0.246. The van der Waals surface area contributed by atoms with Crippen molar-refractivity contribution in [3.8, 4) is 11.1 Å². The Kier molecular flexibility index (Phi) is 8.04. The molecule has 1 aliphatic carbocycles. The fourth-order valence-corrected chi connectivity index (χ4v) is 5.14. The molecule has 0 saturated heterocycles. The van der Waals surface area contributed by atoms with Gasteiger partial charge in [0.25, 0.3) is 0 Å². The molecule has 0 aliphatic heterocycles. The largest absolute Gasteiger partial charge is 0.205 e. The number of halogens is 2. The lowest BCUT2D eigenvalue weighted by atomic mass is 9.82. The second-order valence-corrected chi connectivity index (χ2v) is 9.65. The van der Waals surface area contributed by atoms with Gasteiger partial charge in [0.2, 0.25) is 0 Å². The fourth-order valence-electron chi connectivity index (χ4n) is 4.88. The third-order valence-corrected chi connectivity index (χ3v) is 7.34. The molecule has 0 amide bonds. The van der Waals surface area contributed by atoms with Gasteiger partial charge in [-0.2, -0.15) is 0 Å². The van der Waals surface area contributed by atoms with Crippen LogP contribution in [0.1, 0.15) is 80.5 Å². The van der Waals surface area contributed by atoms with Crippen LogP contribution in [0.4, 0.5) is 4.39 Å². The molecule has 0 aromatic heterocycles. The molecule has 2 heteroatoms. The second kappa shape index (κ2) is 11.2. The molecule has 0 spiro atoms. The smallest absolute Gasteiger partial charge is 0.149 e. The van der Waals surface area contributed by atoms with Crippen LogP contribution in [-0.2, 0) is 12.8 Å². The van der Waals surface area contributed by atoms with E-state index in [9.17, 15) is 4.39 Å². The molecule has 0 nitrogen and oxygen atoms in total. The van der Waals surface area contributed by atoms with Crippen molar-refractivity contribution in [1.29, 1.82) is 0 Å². The molecule has 1 aliphatic rings. The summed E-state index contributed by atoms with van der Waals surface area (Å²) in [5, 5.41) is 0.308. The molecular formula is C31H34ClF. The second-order valence-electron chi connectivity index (χ2n) is 9.27. The van der Waals surface area contributed by atoms with Crippen molar-refractivity contribution in [1.82, 2.24) is 0 Å². The topological polar surface area (TPSA) is 0 Å². The van der Waals surface area contributed by atoms with Gasteiger partial charge in [-0.15, -0.1) is 0 Å². The van der Waals surface area contributed by atoms with E-state index in [1.54, 1.807) is 0 Å². The highest BCUT2D eigenvalue weighted by Gasteiger charge is 2.21. The Morgan fingerprint density at radius 2 is 1.55 bits per heavy atom. The lowest BCUT2D eigenvalue weighted by Crippen LogP contribution is -2.05. The van der Waals surface area contributed by atoms with Gasteiger partial charge in [0.05, 0.1) is 5.02 Å². The summed E-state index contributed by atoms with van der Waals surface area (Å²) in [5.74, 6) is 0.237. The highest BCUT2D eigenvalue weighted by atomic mass is 35.5. The summed E-state index contributed by atoms with van der Waals surface area (Å²) in [6.07, 6.45) is 10.3. The third kappa shape index (κ3) is 5.58. The van der Waals surface area contributed by atoms with Gasteiger partial charge in [-0.25, -0.2) is 4.39 Å². The molecule has 172 valence electrons.